The minimum Gasteiger partial charge on any atom is -0.393 e. The molecule has 8 nitrogen and oxygen atoms in total. The highest BCUT2D eigenvalue weighted by molar-refractivity contribution is 7.85. The SMILES string of the molecule is CC(CCC(=O)NCCS(=O)(=O)O)C1CCC2C3C(O)CC4CC(O)CCC4(C)C3(O)CCC12C. The molecule has 10 atom stereocenters. The minimum atomic E-state index is -4.09. The molecule has 0 radical (unpaired) electrons. The van der Waals surface area contributed by atoms with Crippen molar-refractivity contribution in [3.8, 4) is 0 Å². The van der Waals surface area contributed by atoms with Gasteiger partial charge >= 0.3 is 0 Å². The molecule has 0 bridgehead atoms. The van der Waals surface area contributed by atoms with Crippen LogP contribution in [0.5, 0.6) is 0 Å². The van der Waals surface area contributed by atoms with Crippen LogP contribution in [0.1, 0.15) is 85.0 Å². The molecule has 35 heavy (non-hydrogen) atoms. The lowest BCUT2D eigenvalue weighted by atomic mass is 9.41. The van der Waals surface area contributed by atoms with Crippen molar-refractivity contribution in [3.05, 3.63) is 0 Å². The zero-order chi connectivity index (χ0) is 25.8. The molecule has 10 unspecified atom stereocenters. The molecular weight excluding hydrogens is 470 g/mol. The van der Waals surface area contributed by atoms with Gasteiger partial charge in [-0.1, -0.05) is 20.8 Å². The molecule has 0 aromatic heterocycles. The third-order valence-corrected chi connectivity index (χ3v) is 11.8. The average molecular weight is 516 g/mol. The first kappa shape index (κ1) is 27.3. The van der Waals surface area contributed by atoms with Crippen LogP contribution >= 0.6 is 0 Å². The van der Waals surface area contributed by atoms with Gasteiger partial charge in [-0.25, -0.2) is 0 Å². The first-order chi connectivity index (χ1) is 16.2. The standard InChI is InChI=1S/C26H45NO7S/c1-16(4-7-22(30)27-12-13-35(32,33)34)19-5-6-20-23-21(29)15-17-14-18(28)8-9-25(17,3)26(23,31)11-10-24(19,20)2/h16-21,23,28-29,31H,4-15H2,1-3H3,(H,27,30)(H,32,33,34). The number of rotatable bonds is 7. The van der Waals surface area contributed by atoms with Crippen molar-refractivity contribution < 1.29 is 33.1 Å². The molecule has 0 aliphatic heterocycles. The maximum Gasteiger partial charge on any atom is 0.266 e. The fourth-order valence-electron chi connectivity index (χ4n) is 9.11. The van der Waals surface area contributed by atoms with Crippen LogP contribution in [-0.2, 0) is 14.9 Å². The van der Waals surface area contributed by atoms with Crippen molar-refractivity contribution in [1.82, 2.24) is 5.32 Å². The van der Waals surface area contributed by atoms with Gasteiger partial charge in [0.1, 0.15) is 0 Å². The normalized spacial score (nSPS) is 46.3. The Morgan fingerprint density at radius 2 is 1.80 bits per heavy atom. The Morgan fingerprint density at radius 3 is 2.49 bits per heavy atom. The first-order valence-electron chi connectivity index (χ1n) is 13.5. The summed E-state index contributed by atoms with van der Waals surface area (Å²) in [5.74, 6) is 0.213. The lowest BCUT2D eigenvalue weighted by Gasteiger charge is -2.66. The van der Waals surface area contributed by atoms with E-state index < -0.39 is 27.6 Å². The Balaban J connectivity index is 1.43. The zero-order valence-electron chi connectivity index (χ0n) is 21.4. The molecule has 4 rings (SSSR count). The van der Waals surface area contributed by atoms with E-state index in [2.05, 4.69) is 26.1 Å². The van der Waals surface area contributed by atoms with Crippen molar-refractivity contribution in [1.29, 1.82) is 0 Å². The first-order valence-corrected chi connectivity index (χ1v) is 15.1. The Morgan fingerprint density at radius 1 is 1.09 bits per heavy atom. The van der Waals surface area contributed by atoms with Crippen molar-refractivity contribution in [3.63, 3.8) is 0 Å². The van der Waals surface area contributed by atoms with Gasteiger partial charge in [0.15, 0.2) is 0 Å². The summed E-state index contributed by atoms with van der Waals surface area (Å²) in [6.45, 7) is 6.61. The molecular formula is C26H45NO7S. The maximum absolute atomic E-state index is 12.2. The van der Waals surface area contributed by atoms with E-state index in [1.807, 2.05) is 0 Å². The van der Waals surface area contributed by atoms with E-state index in [1.165, 1.54) is 0 Å². The highest BCUT2D eigenvalue weighted by Crippen LogP contribution is 2.69. The maximum atomic E-state index is 12.2. The number of nitrogens with one attached hydrogen (secondary N) is 1. The number of hydrogen-bond acceptors (Lipinski definition) is 6. The molecule has 5 N–H and O–H groups in total. The molecule has 0 spiro atoms. The van der Waals surface area contributed by atoms with E-state index in [0.717, 1.165) is 25.7 Å². The van der Waals surface area contributed by atoms with Crippen molar-refractivity contribution in [2.45, 2.75) is 103 Å². The molecule has 202 valence electrons. The summed E-state index contributed by atoms with van der Waals surface area (Å²) in [5.41, 5.74) is -1.19. The van der Waals surface area contributed by atoms with Crippen LogP contribution in [0.2, 0.25) is 0 Å². The van der Waals surface area contributed by atoms with E-state index in [-0.39, 0.29) is 53.1 Å². The summed E-state index contributed by atoms with van der Waals surface area (Å²) in [5, 5.41) is 36.4. The third kappa shape index (κ3) is 4.80. The monoisotopic (exact) mass is 515 g/mol. The van der Waals surface area contributed by atoms with Crippen LogP contribution in [0.25, 0.3) is 0 Å². The molecule has 4 saturated carbocycles. The number of fused-ring (bicyclic) bond motifs is 5. The Labute approximate surface area is 210 Å². The summed E-state index contributed by atoms with van der Waals surface area (Å²) in [6.07, 6.45) is 6.49. The molecule has 0 aromatic rings. The zero-order valence-corrected chi connectivity index (χ0v) is 22.3. The van der Waals surface area contributed by atoms with Gasteiger partial charge in [-0.2, -0.15) is 8.42 Å². The fraction of sp³-hybridized carbons (Fsp3) is 0.962. The van der Waals surface area contributed by atoms with E-state index in [1.54, 1.807) is 0 Å². The molecule has 4 fully saturated rings. The Bertz CT molecular complexity index is 911. The minimum absolute atomic E-state index is 0.00386. The second-order valence-corrected chi connectivity index (χ2v) is 14.3. The smallest absolute Gasteiger partial charge is 0.266 e. The van der Waals surface area contributed by atoms with Crippen LogP contribution in [0.3, 0.4) is 0 Å². The van der Waals surface area contributed by atoms with Gasteiger partial charge in [-0.05, 0) is 92.3 Å². The molecule has 0 heterocycles. The average Bonchev–Trinajstić information content (AvgIpc) is 3.10. The Hall–Kier alpha value is -0.740. The van der Waals surface area contributed by atoms with E-state index in [0.29, 0.717) is 44.4 Å². The number of carbonyl (C=O) groups excluding carboxylic acids is 1. The quantitative estimate of drug-likeness (QED) is 0.328. The largest absolute Gasteiger partial charge is 0.393 e. The number of carbonyl (C=O) groups is 1. The molecule has 4 aliphatic rings. The summed E-state index contributed by atoms with van der Waals surface area (Å²) in [7, 11) is -4.09. The molecule has 0 saturated heterocycles. The predicted octanol–water partition coefficient (Wildman–Crippen LogP) is 2.51. The predicted molar refractivity (Wildman–Crippen MR) is 132 cm³/mol. The number of aliphatic hydroxyl groups is 3. The van der Waals surface area contributed by atoms with Gasteiger partial charge in [0.2, 0.25) is 5.91 Å². The highest BCUT2D eigenvalue weighted by atomic mass is 32.2. The third-order valence-electron chi connectivity index (χ3n) is 11.1. The number of amides is 1. The fourth-order valence-corrected chi connectivity index (χ4v) is 9.47. The van der Waals surface area contributed by atoms with Crippen molar-refractivity contribution in [2.75, 3.05) is 12.3 Å². The van der Waals surface area contributed by atoms with Crippen LogP contribution in [-0.4, -0.2) is 64.3 Å². The summed E-state index contributed by atoms with van der Waals surface area (Å²) < 4.78 is 30.5. The second-order valence-electron chi connectivity index (χ2n) is 12.7. The number of hydrogen-bond donors (Lipinski definition) is 5. The van der Waals surface area contributed by atoms with Crippen LogP contribution in [0, 0.1) is 40.4 Å². The molecule has 4 aliphatic carbocycles. The lowest BCUT2D eigenvalue weighted by Crippen LogP contribution is -2.69. The lowest BCUT2D eigenvalue weighted by molar-refractivity contribution is -0.269. The van der Waals surface area contributed by atoms with Crippen LogP contribution in [0.4, 0.5) is 0 Å². The summed E-state index contributed by atoms with van der Waals surface area (Å²) in [4.78, 5) is 12.2. The Kier molecular flexibility index (Phi) is 7.43. The van der Waals surface area contributed by atoms with E-state index >= 15 is 0 Å². The van der Waals surface area contributed by atoms with Crippen molar-refractivity contribution in [2.24, 2.45) is 40.4 Å². The molecule has 0 aromatic carbocycles. The van der Waals surface area contributed by atoms with Gasteiger partial charge < -0.3 is 20.6 Å². The summed E-state index contributed by atoms with van der Waals surface area (Å²) >= 11 is 0. The topological polar surface area (TPSA) is 144 Å². The van der Waals surface area contributed by atoms with Crippen LogP contribution in [0.15, 0.2) is 0 Å². The molecule has 1 amide bonds. The molecule has 9 heteroatoms. The van der Waals surface area contributed by atoms with Crippen LogP contribution < -0.4 is 5.32 Å². The van der Waals surface area contributed by atoms with Gasteiger partial charge in [0.25, 0.3) is 10.1 Å². The van der Waals surface area contributed by atoms with Gasteiger partial charge in [-0.15, -0.1) is 0 Å². The van der Waals surface area contributed by atoms with E-state index in [9.17, 15) is 28.5 Å². The van der Waals surface area contributed by atoms with Gasteiger partial charge in [0, 0.05) is 18.9 Å². The highest BCUT2D eigenvalue weighted by Gasteiger charge is 2.69. The van der Waals surface area contributed by atoms with E-state index in [4.69, 9.17) is 4.55 Å². The van der Waals surface area contributed by atoms with Gasteiger partial charge in [-0.3, -0.25) is 9.35 Å². The summed E-state index contributed by atoms with van der Waals surface area (Å²) in [6, 6.07) is 0. The van der Waals surface area contributed by atoms with Gasteiger partial charge in [0.05, 0.1) is 23.6 Å². The number of aliphatic hydroxyl groups excluding tert-OH is 2. The second kappa shape index (κ2) is 9.53. The van der Waals surface area contributed by atoms with Crippen molar-refractivity contribution >= 4 is 16.0 Å².